The van der Waals surface area contributed by atoms with Crippen molar-refractivity contribution in [2.45, 2.75) is 6.42 Å². The minimum atomic E-state index is -2.53. The first-order valence-electron chi connectivity index (χ1n) is 8.21. The fourth-order valence-corrected chi connectivity index (χ4v) is 4.04. The quantitative estimate of drug-likeness (QED) is 0.424. The van der Waals surface area contributed by atoms with Crippen LogP contribution in [-0.2, 0) is 15.8 Å². The summed E-state index contributed by atoms with van der Waals surface area (Å²) in [6, 6.07) is 14.3. The summed E-state index contributed by atoms with van der Waals surface area (Å²) in [6.45, 7) is 3.66. The number of nitrogens with one attached hydrogen (secondary N) is 1. The van der Waals surface area contributed by atoms with Crippen LogP contribution in [0.5, 0.6) is 0 Å². The Balaban J connectivity index is 2.10. The molecule has 2 rings (SSSR count). The van der Waals surface area contributed by atoms with Gasteiger partial charge in [0.1, 0.15) is 18.8 Å². The van der Waals surface area contributed by atoms with Gasteiger partial charge in [-0.25, -0.2) is 0 Å². The van der Waals surface area contributed by atoms with Gasteiger partial charge in [0.05, 0.1) is 10.0 Å². The van der Waals surface area contributed by atoms with E-state index in [0.717, 1.165) is 5.56 Å². The maximum Gasteiger partial charge on any atom is 0.261 e. The maximum absolute atomic E-state index is 12.4. The molecule has 27 heavy (non-hydrogen) atoms. The minimum absolute atomic E-state index is 0.0370. The second kappa shape index (κ2) is 9.24. The van der Waals surface area contributed by atoms with E-state index in [2.05, 4.69) is 5.32 Å². The van der Waals surface area contributed by atoms with E-state index in [-0.39, 0.29) is 5.57 Å². The lowest BCUT2D eigenvalue weighted by atomic mass is 10.1. The number of hydrogen-bond donors (Lipinski definition) is 1. The third-order valence-electron chi connectivity index (χ3n) is 3.87. The van der Waals surface area contributed by atoms with Crippen molar-refractivity contribution in [2.24, 2.45) is 0 Å². The summed E-state index contributed by atoms with van der Waals surface area (Å²) in [4.78, 5) is 12.3. The highest BCUT2D eigenvalue weighted by atomic mass is 35.5. The van der Waals surface area contributed by atoms with E-state index in [9.17, 15) is 14.6 Å². The molecule has 2 aromatic carbocycles. The second-order valence-corrected chi connectivity index (χ2v) is 10.3. The smallest absolute Gasteiger partial charge is 0.261 e. The first-order valence-corrected chi connectivity index (χ1v) is 11.6. The number of nitriles is 1. The molecule has 2 aromatic rings. The van der Waals surface area contributed by atoms with Crippen LogP contribution in [0.3, 0.4) is 0 Å². The van der Waals surface area contributed by atoms with E-state index in [1.54, 1.807) is 49.7 Å². The van der Waals surface area contributed by atoms with Gasteiger partial charge in [-0.05, 0) is 49.1 Å². The molecule has 0 fully saturated rings. The molecular weight excluding hydrogens is 402 g/mol. The summed E-state index contributed by atoms with van der Waals surface area (Å²) in [5.74, 6) is -0.477. The van der Waals surface area contributed by atoms with Gasteiger partial charge in [0.15, 0.2) is 0 Å². The number of halogens is 2. The van der Waals surface area contributed by atoms with Gasteiger partial charge < -0.3 is 9.88 Å². The molecule has 1 amide bonds. The molecule has 0 atom stereocenters. The predicted molar refractivity (Wildman–Crippen MR) is 112 cm³/mol. The molecule has 0 saturated carbocycles. The molecule has 0 aliphatic heterocycles. The Morgan fingerprint density at radius 3 is 2.52 bits per heavy atom. The van der Waals surface area contributed by atoms with Crippen molar-refractivity contribution in [2.75, 3.05) is 19.9 Å². The van der Waals surface area contributed by atoms with Crippen LogP contribution in [0.2, 0.25) is 10.0 Å². The van der Waals surface area contributed by atoms with Crippen molar-refractivity contribution in [3.8, 4) is 6.07 Å². The first-order chi connectivity index (χ1) is 12.7. The first kappa shape index (κ1) is 21.3. The fourth-order valence-electron chi connectivity index (χ4n) is 2.51. The lowest BCUT2D eigenvalue weighted by Gasteiger charge is -2.11. The Morgan fingerprint density at radius 2 is 1.89 bits per heavy atom. The molecule has 0 heterocycles. The van der Waals surface area contributed by atoms with Gasteiger partial charge >= 0.3 is 0 Å². The molecule has 0 unspecified atom stereocenters. The Kier molecular flexibility index (Phi) is 7.27. The average Bonchev–Trinajstić information content (AvgIpc) is 2.62. The van der Waals surface area contributed by atoms with Crippen molar-refractivity contribution in [3.05, 3.63) is 69.2 Å². The van der Waals surface area contributed by atoms with Crippen LogP contribution in [0.4, 0.5) is 0 Å². The van der Waals surface area contributed by atoms with Crippen molar-refractivity contribution in [1.82, 2.24) is 5.32 Å². The number of hydrogen-bond acceptors (Lipinski definition) is 3. The monoisotopic (exact) mass is 420 g/mol. The maximum atomic E-state index is 12.4. The highest BCUT2D eigenvalue weighted by molar-refractivity contribution is 7.70. The molecule has 0 aliphatic rings. The lowest BCUT2D eigenvalue weighted by molar-refractivity contribution is -0.117. The third kappa shape index (κ3) is 5.97. The van der Waals surface area contributed by atoms with Crippen LogP contribution in [0.25, 0.3) is 6.08 Å². The zero-order valence-electron chi connectivity index (χ0n) is 15.0. The molecular formula is C20H19Cl2N2O2P. The SMILES string of the molecule is CP(C)(=O)c1ccccc1/C=C(\C#N)C(=O)NCCc1ccc(Cl)c(Cl)c1. The zero-order chi connectivity index (χ0) is 20.0. The number of benzene rings is 2. The van der Waals surface area contributed by atoms with Crippen LogP contribution >= 0.6 is 30.3 Å². The summed E-state index contributed by atoms with van der Waals surface area (Å²) in [5.41, 5.74) is 1.50. The normalized spacial score (nSPS) is 11.7. The van der Waals surface area contributed by atoms with E-state index in [4.69, 9.17) is 23.2 Å². The van der Waals surface area contributed by atoms with E-state index in [1.807, 2.05) is 12.1 Å². The van der Waals surface area contributed by atoms with Crippen molar-refractivity contribution >= 4 is 47.6 Å². The summed E-state index contributed by atoms with van der Waals surface area (Å²) in [5, 5.41) is 13.6. The van der Waals surface area contributed by atoms with Gasteiger partial charge in [-0.2, -0.15) is 5.26 Å². The number of carbonyl (C=O) groups excluding carboxylic acids is 1. The zero-order valence-corrected chi connectivity index (χ0v) is 17.4. The summed E-state index contributed by atoms with van der Waals surface area (Å²) in [7, 11) is -2.53. The topological polar surface area (TPSA) is 70.0 Å². The fraction of sp³-hybridized carbons (Fsp3) is 0.200. The van der Waals surface area contributed by atoms with E-state index < -0.39 is 13.0 Å². The van der Waals surface area contributed by atoms with Crippen molar-refractivity contribution < 1.29 is 9.36 Å². The summed E-state index contributed by atoms with van der Waals surface area (Å²) < 4.78 is 12.4. The Morgan fingerprint density at radius 1 is 1.19 bits per heavy atom. The summed E-state index contributed by atoms with van der Waals surface area (Å²) >= 11 is 11.9. The number of amides is 1. The van der Waals surface area contributed by atoms with E-state index in [1.165, 1.54) is 6.08 Å². The molecule has 0 radical (unpaired) electrons. The molecule has 0 bridgehead atoms. The van der Waals surface area contributed by atoms with Gasteiger partial charge in [-0.1, -0.05) is 53.5 Å². The standard InChI is InChI=1S/C20H19Cl2N2O2P/c1-27(2,26)19-6-4-3-5-15(19)12-16(13-23)20(25)24-10-9-14-7-8-17(21)18(22)11-14/h3-8,11-12H,9-10H2,1-2H3,(H,24,25)/b16-12+. The summed E-state index contributed by atoms with van der Waals surface area (Å²) in [6.07, 6.45) is 2.03. The molecule has 0 aliphatic carbocycles. The largest absolute Gasteiger partial charge is 0.351 e. The molecule has 0 saturated heterocycles. The van der Waals surface area contributed by atoms with Crippen molar-refractivity contribution in [3.63, 3.8) is 0 Å². The van der Waals surface area contributed by atoms with Crippen LogP contribution in [0.1, 0.15) is 11.1 Å². The molecule has 4 nitrogen and oxygen atoms in total. The third-order valence-corrected chi connectivity index (χ3v) is 6.17. The van der Waals surface area contributed by atoms with E-state index >= 15 is 0 Å². The van der Waals surface area contributed by atoms with Gasteiger partial charge in [-0.3, -0.25) is 4.79 Å². The Labute approximate surface area is 169 Å². The van der Waals surface area contributed by atoms with Crippen LogP contribution in [0.15, 0.2) is 48.0 Å². The molecule has 7 heteroatoms. The minimum Gasteiger partial charge on any atom is -0.351 e. The highest BCUT2D eigenvalue weighted by Gasteiger charge is 2.16. The lowest BCUT2D eigenvalue weighted by Crippen LogP contribution is -2.27. The Bertz CT molecular complexity index is 974. The van der Waals surface area contributed by atoms with Crippen LogP contribution < -0.4 is 10.6 Å². The molecule has 0 aromatic heterocycles. The highest BCUT2D eigenvalue weighted by Crippen LogP contribution is 2.36. The van der Waals surface area contributed by atoms with Crippen LogP contribution in [0, 0.1) is 11.3 Å². The average molecular weight is 421 g/mol. The number of rotatable bonds is 6. The van der Waals surface area contributed by atoms with E-state index in [0.29, 0.717) is 33.9 Å². The molecule has 0 spiro atoms. The number of carbonyl (C=O) groups is 1. The Hall–Kier alpha value is -2.05. The van der Waals surface area contributed by atoms with Crippen molar-refractivity contribution in [1.29, 1.82) is 5.26 Å². The molecule has 140 valence electrons. The number of nitrogens with zero attached hydrogens (tertiary/aromatic N) is 1. The van der Waals surface area contributed by atoms with Crippen LogP contribution in [-0.4, -0.2) is 25.8 Å². The van der Waals surface area contributed by atoms with Gasteiger partial charge in [-0.15, -0.1) is 0 Å². The van der Waals surface area contributed by atoms with Gasteiger partial charge in [0, 0.05) is 11.8 Å². The predicted octanol–water partition coefficient (Wildman–Crippen LogP) is 4.51. The van der Waals surface area contributed by atoms with Gasteiger partial charge in [0.25, 0.3) is 5.91 Å². The van der Waals surface area contributed by atoms with Gasteiger partial charge in [0.2, 0.25) is 0 Å². The molecule has 1 N–H and O–H groups in total. The second-order valence-electron chi connectivity index (χ2n) is 6.33.